The molecule has 0 amide bonds. The van der Waals surface area contributed by atoms with Crippen LogP contribution in [0.3, 0.4) is 0 Å². The van der Waals surface area contributed by atoms with Gasteiger partial charge in [-0.1, -0.05) is 41.5 Å². The predicted octanol–water partition coefficient (Wildman–Crippen LogP) is 4.68. The Kier molecular flexibility index (Phi) is 4.30. The van der Waals surface area contributed by atoms with Gasteiger partial charge in [-0.3, -0.25) is 0 Å². The molecule has 0 spiro atoms. The zero-order valence-electron chi connectivity index (χ0n) is 10.2. The van der Waals surface area contributed by atoms with E-state index in [4.69, 9.17) is 41.2 Å². The van der Waals surface area contributed by atoms with Gasteiger partial charge in [-0.05, 0) is 42.8 Å². The molecule has 0 bridgehead atoms. The fraction of sp³-hybridized carbons (Fsp3) is 0.0714. The lowest BCUT2D eigenvalue weighted by atomic mass is 10.2. The van der Waals surface area contributed by atoms with E-state index in [2.05, 4.69) is 5.32 Å². The van der Waals surface area contributed by atoms with E-state index in [0.717, 1.165) is 22.5 Å². The quantitative estimate of drug-likeness (QED) is 0.808. The molecule has 19 heavy (non-hydrogen) atoms. The van der Waals surface area contributed by atoms with Gasteiger partial charge in [0.05, 0.1) is 21.4 Å². The van der Waals surface area contributed by atoms with Crippen molar-refractivity contribution in [1.29, 1.82) is 0 Å². The number of hydrogen-bond donors (Lipinski definition) is 2. The third-order valence-corrected chi connectivity index (χ3v) is 3.52. The average Bonchev–Trinajstić information content (AvgIpc) is 2.36. The number of benzene rings is 2. The van der Waals surface area contributed by atoms with E-state index < -0.39 is 0 Å². The summed E-state index contributed by atoms with van der Waals surface area (Å²) in [5, 5.41) is 4.38. The highest BCUT2D eigenvalue weighted by Gasteiger charge is 2.06. The predicted molar refractivity (Wildman–Crippen MR) is 86.8 cm³/mol. The molecule has 2 aromatic rings. The zero-order chi connectivity index (χ0) is 14.0. The minimum atomic E-state index is 0.321. The van der Waals surface area contributed by atoms with Gasteiger partial charge in [-0.15, -0.1) is 0 Å². The van der Waals surface area contributed by atoms with Gasteiger partial charge in [-0.2, -0.15) is 0 Å². The van der Waals surface area contributed by atoms with Crippen molar-refractivity contribution < 1.29 is 0 Å². The van der Waals surface area contributed by atoms with Gasteiger partial charge in [0.25, 0.3) is 0 Å². The molecule has 0 aromatic heterocycles. The van der Waals surface area contributed by atoms with Gasteiger partial charge in [0, 0.05) is 5.56 Å². The second-order valence-corrected chi connectivity index (χ2v) is 5.42. The lowest BCUT2D eigenvalue weighted by molar-refractivity contribution is 1.45. The summed E-state index contributed by atoms with van der Waals surface area (Å²) in [4.78, 5) is 0.321. The Hall–Kier alpha value is -1.29. The maximum atomic E-state index is 6.19. The van der Waals surface area contributed by atoms with Crippen molar-refractivity contribution in [2.45, 2.75) is 6.92 Å². The fourth-order valence-electron chi connectivity index (χ4n) is 1.65. The van der Waals surface area contributed by atoms with E-state index in [1.807, 2.05) is 37.3 Å². The van der Waals surface area contributed by atoms with E-state index >= 15 is 0 Å². The van der Waals surface area contributed by atoms with Crippen LogP contribution >= 0.6 is 35.4 Å². The van der Waals surface area contributed by atoms with Crippen LogP contribution in [0.4, 0.5) is 11.4 Å². The maximum absolute atomic E-state index is 6.19. The van der Waals surface area contributed by atoms with Crippen molar-refractivity contribution >= 4 is 51.8 Å². The SMILES string of the molecule is Cc1ccc(Cl)c(Nc2ccc(C(N)=S)cc2Cl)c1. The highest BCUT2D eigenvalue weighted by molar-refractivity contribution is 7.80. The van der Waals surface area contributed by atoms with Crippen LogP contribution < -0.4 is 11.1 Å². The van der Waals surface area contributed by atoms with Gasteiger partial charge in [0.1, 0.15) is 4.99 Å². The molecule has 2 aromatic carbocycles. The second-order valence-electron chi connectivity index (χ2n) is 4.17. The molecule has 0 fully saturated rings. The van der Waals surface area contributed by atoms with Crippen molar-refractivity contribution in [3.8, 4) is 0 Å². The molecule has 0 unspecified atom stereocenters. The summed E-state index contributed by atoms with van der Waals surface area (Å²) >= 11 is 17.2. The van der Waals surface area contributed by atoms with E-state index in [0.29, 0.717) is 15.0 Å². The Labute approximate surface area is 127 Å². The normalized spacial score (nSPS) is 10.3. The molecule has 0 aliphatic carbocycles. The summed E-state index contributed by atoms with van der Waals surface area (Å²) in [5.74, 6) is 0. The highest BCUT2D eigenvalue weighted by atomic mass is 35.5. The molecular formula is C14H12Cl2N2S. The third kappa shape index (κ3) is 3.38. The van der Waals surface area contributed by atoms with E-state index in [-0.39, 0.29) is 0 Å². The first-order chi connectivity index (χ1) is 8.97. The molecule has 0 heterocycles. The average molecular weight is 311 g/mol. The van der Waals surface area contributed by atoms with Crippen LogP contribution in [0.5, 0.6) is 0 Å². The van der Waals surface area contributed by atoms with Gasteiger partial charge >= 0.3 is 0 Å². The van der Waals surface area contributed by atoms with Gasteiger partial charge in [-0.25, -0.2) is 0 Å². The number of aryl methyl sites for hydroxylation is 1. The molecule has 5 heteroatoms. The molecule has 0 saturated heterocycles. The second kappa shape index (κ2) is 5.78. The summed E-state index contributed by atoms with van der Waals surface area (Å²) in [6.45, 7) is 2.00. The Morgan fingerprint density at radius 1 is 1.05 bits per heavy atom. The van der Waals surface area contributed by atoms with E-state index in [1.54, 1.807) is 6.07 Å². The van der Waals surface area contributed by atoms with Crippen molar-refractivity contribution in [1.82, 2.24) is 0 Å². The molecule has 0 radical (unpaired) electrons. The standard InChI is InChI=1S/C14H12Cl2N2S/c1-8-2-4-10(15)13(6-8)18-12-5-3-9(14(17)19)7-11(12)16/h2-7,18H,1H3,(H2,17,19). The van der Waals surface area contributed by atoms with Crippen LogP contribution in [0.1, 0.15) is 11.1 Å². The number of hydrogen-bond acceptors (Lipinski definition) is 2. The van der Waals surface area contributed by atoms with Crippen LogP contribution in [-0.2, 0) is 0 Å². The Morgan fingerprint density at radius 2 is 1.79 bits per heavy atom. The monoisotopic (exact) mass is 310 g/mol. The number of nitrogens with two attached hydrogens (primary N) is 1. The first-order valence-corrected chi connectivity index (χ1v) is 6.76. The molecule has 3 N–H and O–H groups in total. The van der Waals surface area contributed by atoms with Crippen molar-refractivity contribution in [3.05, 3.63) is 57.6 Å². The topological polar surface area (TPSA) is 38.0 Å². The molecule has 0 saturated carbocycles. The lowest BCUT2D eigenvalue weighted by Gasteiger charge is -2.11. The molecule has 2 rings (SSSR count). The van der Waals surface area contributed by atoms with Gasteiger partial charge in [0.15, 0.2) is 0 Å². The Morgan fingerprint density at radius 3 is 2.42 bits per heavy atom. The molecule has 0 aliphatic rings. The van der Waals surface area contributed by atoms with Crippen LogP contribution in [0.15, 0.2) is 36.4 Å². The summed E-state index contributed by atoms with van der Waals surface area (Å²) in [7, 11) is 0. The number of anilines is 2. The largest absolute Gasteiger partial charge is 0.389 e. The highest BCUT2D eigenvalue weighted by Crippen LogP contribution is 2.30. The van der Waals surface area contributed by atoms with Gasteiger partial charge < -0.3 is 11.1 Å². The smallest absolute Gasteiger partial charge is 0.104 e. The first-order valence-electron chi connectivity index (χ1n) is 5.60. The minimum absolute atomic E-state index is 0.321. The fourth-order valence-corrected chi connectivity index (χ4v) is 2.17. The minimum Gasteiger partial charge on any atom is -0.389 e. The van der Waals surface area contributed by atoms with Crippen LogP contribution in [0.25, 0.3) is 0 Å². The number of nitrogens with one attached hydrogen (secondary N) is 1. The van der Waals surface area contributed by atoms with E-state index in [9.17, 15) is 0 Å². The summed E-state index contributed by atoms with van der Waals surface area (Å²) in [6.07, 6.45) is 0. The molecule has 0 aliphatic heterocycles. The Balaban J connectivity index is 2.33. The lowest BCUT2D eigenvalue weighted by Crippen LogP contribution is -2.09. The molecular weight excluding hydrogens is 299 g/mol. The van der Waals surface area contributed by atoms with E-state index in [1.165, 1.54) is 0 Å². The summed E-state index contributed by atoms with van der Waals surface area (Å²) < 4.78 is 0. The van der Waals surface area contributed by atoms with Crippen LogP contribution in [0.2, 0.25) is 10.0 Å². The van der Waals surface area contributed by atoms with Crippen LogP contribution in [0, 0.1) is 6.92 Å². The molecule has 2 nitrogen and oxygen atoms in total. The number of halogens is 2. The van der Waals surface area contributed by atoms with Crippen molar-refractivity contribution in [2.75, 3.05) is 5.32 Å². The third-order valence-electron chi connectivity index (χ3n) is 2.64. The maximum Gasteiger partial charge on any atom is 0.104 e. The first kappa shape index (κ1) is 14.1. The zero-order valence-corrected chi connectivity index (χ0v) is 12.5. The number of thiocarbonyl (C=S) groups is 1. The molecule has 98 valence electrons. The number of rotatable bonds is 3. The van der Waals surface area contributed by atoms with Crippen molar-refractivity contribution in [3.63, 3.8) is 0 Å². The summed E-state index contributed by atoms with van der Waals surface area (Å²) in [5.41, 5.74) is 8.98. The molecule has 0 atom stereocenters. The Bertz CT molecular complexity index is 641. The summed E-state index contributed by atoms with van der Waals surface area (Å²) in [6, 6.07) is 11.1. The van der Waals surface area contributed by atoms with Crippen LogP contribution in [-0.4, -0.2) is 4.99 Å². The van der Waals surface area contributed by atoms with Gasteiger partial charge in [0.2, 0.25) is 0 Å². The van der Waals surface area contributed by atoms with Crippen molar-refractivity contribution in [2.24, 2.45) is 5.73 Å².